The molecule has 20 heavy (non-hydrogen) atoms. The van der Waals surface area contributed by atoms with Crippen LogP contribution in [-0.2, 0) is 0 Å². The highest BCUT2D eigenvalue weighted by atomic mass is 32.1. The van der Waals surface area contributed by atoms with E-state index in [9.17, 15) is 10.1 Å². The van der Waals surface area contributed by atoms with E-state index in [0.717, 1.165) is 20.4 Å². The van der Waals surface area contributed by atoms with Crippen LogP contribution in [0.1, 0.15) is 5.56 Å². The van der Waals surface area contributed by atoms with Crippen molar-refractivity contribution in [3.8, 4) is 6.07 Å². The van der Waals surface area contributed by atoms with Crippen LogP contribution in [0.15, 0.2) is 53.3 Å². The topological polar surface area (TPSA) is 45.3 Å². The van der Waals surface area contributed by atoms with Gasteiger partial charge in [-0.2, -0.15) is 5.26 Å². The number of nitriles is 1. The van der Waals surface area contributed by atoms with Gasteiger partial charge >= 0.3 is 0 Å². The summed E-state index contributed by atoms with van der Waals surface area (Å²) in [5.74, 6) is 0. The minimum atomic E-state index is -0.0629. The Labute approximate surface area is 117 Å². The quantitative estimate of drug-likeness (QED) is 0.493. The fourth-order valence-electron chi connectivity index (χ4n) is 2.58. The molecule has 94 valence electrons. The lowest BCUT2D eigenvalue weighted by atomic mass is 10.1. The summed E-state index contributed by atoms with van der Waals surface area (Å²) >= 11 is 1.48. The van der Waals surface area contributed by atoms with Crippen LogP contribution in [-0.4, -0.2) is 4.40 Å². The van der Waals surface area contributed by atoms with E-state index in [0.29, 0.717) is 10.9 Å². The van der Waals surface area contributed by atoms with E-state index in [1.807, 2.05) is 42.5 Å². The van der Waals surface area contributed by atoms with Crippen molar-refractivity contribution >= 4 is 37.2 Å². The molecule has 0 N–H and O–H groups in total. The monoisotopic (exact) mass is 276 g/mol. The number of nitrogens with zero attached hydrogens (tertiary/aromatic N) is 2. The Morgan fingerprint density at radius 3 is 2.50 bits per heavy atom. The maximum Gasteiger partial charge on any atom is 0.264 e. The lowest BCUT2D eigenvalue weighted by Crippen LogP contribution is -2.13. The van der Waals surface area contributed by atoms with Crippen LogP contribution in [0.2, 0.25) is 0 Å². The Morgan fingerprint density at radius 2 is 1.70 bits per heavy atom. The van der Waals surface area contributed by atoms with Crippen LogP contribution in [0.25, 0.3) is 25.8 Å². The molecule has 0 atom stereocenters. The summed E-state index contributed by atoms with van der Waals surface area (Å²) in [4.78, 5) is 13.4. The van der Waals surface area contributed by atoms with E-state index >= 15 is 0 Å². The van der Waals surface area contributed by atoms with E-state index in [4.69, 9.17) is 0 Å². The predicted molar refractivity (Wildman–Crippen MR) is 81.3 cm³/mol. The zero-order chi connectivity index (χ0) is 13.7. The molecular weight excluding hydrogens is 268 g/mol. The molecule has 0 saturated heterocycles. The average molecular weight is 276 g/mol. The number of fused-ring (bicyclic) bond motifs is 4. The molecule has 0 amide bonds. The van der Waals surface area contributed by atoms with Gasteiger partial charge in [0, 0.05) is 10.8 Å². The molecule has 2 heterocycles. The highest BCUT2D eigenvalue weighted by Gasteiger charge is 2.15. The Morgan fingerprint density at radius 1 is 1.00 bits per heavy atom. The van der Waals surface area contributed by atoms with Gasteiger partial charge in [0.25, 0.3) is 5.56 Å². The van der Waals surface area contributed by atoms with Crippen molar-refractivity contribution in [2.24, 2.45) is 0 Å². The molecule has 0 unspecified atom stereocenters. The third kappa shape index (κ3) is 1.30. The fraction of sp³-hybridized carbons (Fsp3) is 0. The molecule has 0 spiro atoms. The van der Waals surface area contributed by atoms with Gasteiger partial charge in [-0.25, -0.2) is 0 Å². The smallest absolute Gasteiger partial charge is 0.264 e. The largest absolute Gasteiger partial charge is 0.268 e. The molecular formula is C16H8N2OS. The number of aromatic nitrogens is 1. The van der Waals surface area contributed by atoms with Gasteiger partial charge in [0.15, 0.2) is 0 Å². The third-order valence-corrected chi connectivity index (χ3v) is 4.62. The van der Waals surface area contributed by atoms with Crippen molar-refractivity contribution in [1.82, 2.24) is 4.40 Å². The van der Waals surface area contributed by atoms with Gasteiger partial charge < -0.3 is 0 Å². The molecule has 0 fully saturated rings. The summed E-state index contributed by atoms with van der Waals surface area (Å²) in [5.41, 5.74) is 1.37. The van der Waals surface area contributed by atoms with Crippen molar-refractivity contribution in [3.05, 3.63) is 64.4 Å². The number of hydrogen-bond acceptors (Lipinski definition) is 3. The maximum absolute atomic E-state index is 12.7. The zero-order valence-corrected chi connectivity index (χ0v) is 11.1. The van der Waals surface area contributed by atoms with Crippen LogP contribution >= 0.6 is 11.3 Å². The number of benzene rings is 2. The Hall–Kier alpha value is -2.64. The van der Waals surface area contributed by atoms with Crippen LogP contribution in [0.3, 0.4) is 0 Å². The number of para-hydroxylation sites is 1. The molecule has 0 bridgehead atoms. The van der Waals surface area contributed by atoms with Crippen molar-refractivity contribution in [1.29, 1.82) is 5.26 Å². The SMILES string of the molecule is N#Cc1c2ccccc2c(=O)n2c1sc1ccccc12. The van der Waals surface area contributed by atoms with Gasteiger partial charge in [-0.15, -0.1) is 11.3 Å². The Bertz CT molecular complexity index is 1080. The van der Waals surface area contributed by atoms with Gasteiger partial charge in [-0.3, -0.25) is 9.20 Å². The first-order valence-electron chi connectivity index (χ1n) is 6.16. The minimum Gasteiger partial charge on any atom is -0.268 e. The van der Waals surface area contributed by atoms with E-state index < -0.39 is 0 Å². The lowest BCUT2D eigenvalue weighted by molar-refractivity contribution is 1.20. The third-order valence-electron chi connectivity index (χ3n) is 3.47. The maximum atomic E-state index is 12.7. The molecule has 2 aromatic carbocycles. The average Bonchev–Trinajstić information content (AvgIpc) is 2.87. The molecule has 4 rings (SSSR count). The zero-order valence-electron chi connectivity index (χ0n) is 10.3. The van der Waals surface area contributed by atoms with Gasteiger partial charge in [0.2, 0.25) is 0 Å². The summed E-state index contributed by atoms with van der Waals surface area (Å²) in [6.45, 7) is 0. The molecule has 2 aromatic heterocycles. The predicted octanol–water partition coefficient (Wildman–Crippen LogP) is 3.54. The summed E-state index contributed by atoms with van der Waals surface area (Å²) in [6.07, 6.45) is 0. The van der Waals surface area contributed by atoms with E-state index in [2.05, 4.69) is 6.07 Å². The van der Waals surface area contributed by atoms with Crippen molar-refractivity contribution in [3.63, 3.8) is 0 Å². The summed E-state index contributed by atoms with van der Waals surface area (Å²) < 4.78 is 2.66. The minimum absolute atomic E-state index is 0.0629. The lowest BCUT2D eigenvalue weighted by Gasteiger charge is -2.02. The van der Waals surface area contributed by atoms with E-state index in [-0.39, 0.29) is 5.56 Å². The van der Waals surface area contributed by atoms with Crippen LogP contribution in [0.4, 0.5) is 0 Å². The molecule has 4 heteroatoms. The van der Waals surface area contributed by atoms with Crippen LogP contribution in [0.5, 0.6) is 0 Å². The number of thiazole rings is 1. The molecule has 0 saturated carbocycles. The second-order valence-corrected chi connectivity index (χ2v) is 5.58. The van der Waals surface area contributed by atoms with Crippen LogP contribution in [0, 0.1) is 11.3 Å². The summed E-state index contributed by atoms with van der Waals surface area (Å²) in [6, 6.07) is 17.3. The standard InChI is InChI=1S/C16H8N2OS/c17-9-12-10-5-1-2-6-11(10)15(19)18-13-7-3-4-8-14(13)20-16(12)18/h1-8H. The van der Waals surface area contributed by atoms with Gasteiger partial charge in [0.05, 0.1) is 15.8 Å². The second-order valence-electron chi connectivity index (χ2n) is 4.55. The fourth-order valence-corrected chi connectivity index (χ4v) is 3.73. The highest BCUT2D eigenvalue weighted by Crippen LogP contribution is 2.30. The van der Waals surface area contributed by atoms with Crippen LogP contribution < -0.4 is 5.56 Å². The Kier molecular flexibility index (Phi) is 2.20. The first-order chi connectivity index (χ1) is 9.81. The second kappa shape index (κ2) is 3.92. The van der Waals surface area contributed by atoms with E-state index in [1.54, 1.807) is 10.5 Å². The molecule has 0 aliphatic rings. The summed E-state index contributed by atoms with van der Waals surface area (Å²) in [5, 5.41) is 10.8. The van der Waals surface area contributed by atoms with Crippen molar-refractivity contribution in [2.75, 3.05) is 0 Å². The number of rotatable bonds is 0. The normalized spacial score (nSPS) is 11.2. The van der Waals surface area contributed by atoms with E-state index in [1.165, 1.54) is 11.3 Å². The highest BCUT2D eigenvalue weighted by molar-refractivity contribution is 7.24. The molecule has 4 aromatic rings. The van der Waals surface area contributed by atoms with Gasteiger partial charge in [0.1, 0.15) is 10.9 Å². The van der Waals surface area contributed by atoms with Gasteiger partial charge in [-0.05, 0) is 18.2 Å². The number of hydrogen-bond donors (Lipinski definition) is 0. The van der Waals surface area contributed by atoms with Crippen molar-refractivity contribution in [2.45, 2.75) is 0 Å². The number of pyridine rings is 1. The first-order valence-corrected chi connectivity index (χ1v) is 6.98. The molecule has 0 radical (unpaired) electrons. The first kappa shape index (κ1) is 11.2. The summed E-state index contributed by atoms with van der Waals surface area (Å²) in [7, 11) is 0. The molecule has 0 aliphatic carbocycles. The molecule has 0 aliphatic heterocycles. The van der Waals surface area contributed by atoms with Gasteiger partial charge in [-0.1, -0.05) is 30.3 Å². The Balaban J connectivity index is 2.45. The van der Waals surface area contributed by atoms with Crippen molar-refractivity contribution < 1.29 is 0 Å². The molecule has 3 nitrogen and oxygen atoms in total.